The zero-order valence-corrected chi connectivity index (χ0v) is 25.8. The van der Waals surface area contributed by atoms with Crippen LogP contribution < -0.4 is 9.47 Å². The van der Waals surface area contributed by atoms with E-state index in [9.17, 15) is 5.26 Å². The van der Waals surface area contributed by atoms with Gasteiger partial charge in [-0.1, -0.05) is 50.0 Å². The van der Waals surface area contributed by atoms with Gasteiger partial charge in [0.15, 0.2) is 11.5 Å². The summed E-state index contributed by atoms with van der Waals surface area (Å²) < 4.78 is 12.9. The number of hydrogen-bond acceptors (Lipinski definition) is 5. The molecule has 1 aliphatic carbocycles. The molecule has 1 atom stereocenters. The van der Waals surface area contributed by atoms with Gasteiger partial charge < -0.3 is 9.47 Å². The normalized spacial score (nSPS) is 15.5. The van der Waals surface area contributed by atoms with Crippen LogP contribution in [0.3, 0.4) is 0 Å². The van der Waals surface area contributed by atoms with Crippen LogP contribution in [0.5, 0.6) is 11.5 Å². The van der Waals surface area contributed by atoms with Gasteiger partial charge in [0.1, 0.15) is 17.7 Å². The van der Waals surface area contributed by atoms with Crippen LogP contribution in [0.15, 0.2) is 35.3 Å². The van der Waals surface area contributed by atoms with Gasteiger partial charge in [-0.15, -0.1) is 11.3 Å². The minimum atomic E-state index is 0.257. The molecule has 4 nitrogen and oxygen atoms in total. The van der Waals surface area contributed by atoms with Gasteiger partial charge in [-0.3, -0.25) is 0 Å². The lowest BCUT2D eigenvalue weighted by Crippen LogP contribution is -2.26. The number of thiophene rings is 1. The summed E-state index contributed by atoms with van der Waals surface area (Å²) in [5.41, 5.74) is 3.90. The van der Waals surface area contributed by atoms with E-state index in [1.54, 1.807) is 23.5 Å². The summed E-state index contributed by atoms with van der Waals surface area (Å²) >= 11 is 16.2. The van der Waals surface area contributed by atoms with Crippen LogP contribution in [0, 0.1) is 26.2 Å². The van der Waals surface area contributed by atoms with Gasteiger partial charge in [-0.05, 0) is 95.5 Å². The number of aliphatic imine (C=N–C) groups is 1. The first-order valence-corrected chi connectivity index (χ1v) is 14.9. The van der Waals surface area contributed by atoms with Crippen LogP contribution in [0.1, 0.15) is 61.2 Å². The number of halogens is 3. The third kappa shape index (κ3) is 6.62. The molecular formula is C29H29Cl2IN2O2S. The topological polar surface area (TPSA) is 54.6 Å². The molecule has 1 aromatic heterocycles. The van der Waals surface area contributed by atoms with Gasteiger partial charge in [0.2, 0.25) is 0 Å². The van der Waals surface area contributed by atoms with E-state index in [-0.39, 0.29) is 5.41 Å². The van der Waals surface area contributed by atoms with Gasteiger partial charge in [-0.2, -0.15) is 5.26 Å². The fourth-order valence-corrected chi connectivity index (χ4v) is 6.97. The molecule has 0 fully saturated rings. The van der Waals surface area contributed by atoms with Crippen LogP contribution in [-0.4, -0.2) is 12.8 Å². The second-order valence-electron chi connectivity index (χ2n) is 10.1. The summed E-state index contributed by atoms with van der Waals surface area (Å²) in [6.45, 7) is 9.63. The number of hydrogen-bond donors (Lipinski definition) is 0. The first kappa shape index (κ1) is 28.2. The molecule has 4 rings (SSSR count). The van der Waals surface area contributed by atoms with Crippen molar-refractivity contribution in [2.24, 2.45) is 16.3 Å². The van der Waals surface area contributed by atoms with Crippen molar-refractivity contribution in [2.75, 3.05) is 6.61 Å². The Kier molecular flexibility index (Phi) is 9.11. The molecule has 37 heavy (non-hydrogen) atoms. The third-order valence-corrected chi connectivity index (χ3v) is 9.18. The standard InChI is InChI=1S/C29H29Cl2IN2O2S/c1-5-35-25-11-17(10-24(32)27(25)36-16-18-6-8-20(30)13-23(18)31)15-34-28-22(14-33)21-9-7-19(29(2,3)4)12-26(21)37-28/h6,8,10-11,13,15,19H,5,7,9,12,16H2,1-4H3/t19-/m0/s1. The highest BCUT2D eigenvalue weighted by atomic mass is 127. The minimum Gasteiger partial charge on any atom is -0.490 e. The Morgan fingerprint density at radius 3 is 2.68 bits per heavy atom. The van der Waals surface area contributed by atoms with E-state index >= 15 is 0 Å². The Morgan fingerprint density at radius 2 is 2.00 bits per heavy atom. The minimum absolute atomic E-state index is 0.257. The maximum absolute atomic E-state index is 9.90. The van der Waals surface area contributed by atoms with E-state index in [1.807, 2.05) is 31.3 Å². The summed E-state index contributed by atoms with van der Waals surface area (Å²) in [5.74, 6) is 1.91. The maximum atomic E-state index is 9.90. The quantitative estimate of drug-likeness (QED) is 0.186. The molecule has 8 heteroatoms. The van der Waals surface area contributed by atoms with E-state index in [0.717, 1.165) is 44.5 Å². The number of nitrogens with zero attached hydrogens (tertiary/aromatic N) is 2. The molecule has 0 radical (unpaired) electrons. The lowest BCUT2D eigenvalue weighted by Gasteiger charge is -2.33. The fraction of sp³-hybridized carbons (Fsp3) is 0.379. The molecule has 194 valence electrons. The molecular weight excluding hydrogens is 638 g/mol. The number of fused-ring (bicyclic) bond motifs is 1. The van der Waals surface area contributed by atoms with Crippen LogP contribution in [0.2, 0.25) is 10.0 Å². The fourth-order valence-electron chi connectivity index (χ4n) is 4.50. The van der Waals surface area contributed by atoms with Gasteiger partial charge in [-0.25, -0.2) is 4.99 Å². The Balaban J connectivity index is 1.58. The summed E-state index contributed by atoms with van der Waals surface area (Å²) in [6.07, 6.45) is 4.89. The second-order valence-corrected chi connectivity index (χ2v) is 13.2. The molecule has 1 heterocycles. The largest absolute Gasteiger partial charge is 0.490 e. The van der Waals surface area contributed by atoms with Crippen molar-refractivity contribution >= 4 is 68.3 Å². The highest BCUT2D eigenvalue weighted by Gasteiger charge is 2.32. The summed E-state index contributed by atoms with van der Waals surface area (Å²) in [6, 6.07) is 11.7. The first-order chi connectivity index (χ1) is 17.6. The van der Waals surface area contributed by atoms with Crippen molar-refractivity contribution in [1.82, 2.24) is 0 Å². The SMILES string of the molecule is CCOc1cc(C=Nc2sc3c(c2C#N)CC[C@H](C(C)(C)C)C3)cc(I)c1OCc1ccc(Cl)cc1Cl. The summed E-state index contributed by atoms with van der Waals surface area (Å²) in [4.78, 5) is 6.08. The average molecular weight is 667 g/mol. The molecule has 0 aliphatic heterocycles. The van der Waals surface area contributed by atoms with Crippen molar-refractivity contribution < 1.29 is 9.47 Å². The smallest absolute Gasteiger partial charge is 0.175 e. The lowest BCUT2D eigenvalue weighted by atomic mass is 9.72. The molecule has 0 spiro atoms. The van der Waals surface area contributed by atoms with Crippen LogP contribution in [0.25, 0.3) is 0 Å². The van der Waals surface area contributed by atoms with E-state index in [2.05, 4.69) is 49.4 Å². The van der Waals surface area contributed by atoms with Crippen molar-refractivity contribution in [3.8, 4) is 17.6 Å². The van der Waals surface area contributed by atoms with E-state index in [0.29, 0.717) is 40.7 Å². The Labute approximate surface area is 246 Å². The molecule has 0 bridgehead atoms. The zero-order valence-electron chi connectivity index (χ0n) is 21.3. The monoisotopic (exact) mass is 666 g/mol. The molecule has 1 aliphatic rings. The predicted octanol–water partition coefficient (Wildman–Crippen LogP) is 9.41. The highest BCUT2D eigenvalue weighted by molar-refractivity contribution is 14.1. The highest BCUT2D eigenvalue weighted by Crippen LogP contribution is 2.45. The number of benzene rings is 2. The van der Waals surface area contributed by atoms with Gasteiger partial charge in [0.25, 0.3) is 0 Å². The first-order valence-electron chi connectivity index (χ1n) is 12.2. The van der Waals surface area contributed by atoms with Crippen LogP contribution >= 0.6 is 57.1 Å². The Morgan fingerprint density at radius 1 is 1.22 bits per heavy atom. The molecule has 0 saturated carbocycles. The van der Waals surface area contributed by atoms with E-state index in [1.165, 1.54) is 10.4 Å². The molecule has 0 amide bonds. The molecule has 0 unspecified atom stereocenters. The number of rotatable bonds is 7. The van der Waals surface area contributed by atoms with Crippen molar-refractivity contribution in [3.05, 3.63) is 71.1 Å². The number of nitriles is 1. The lowest BCUT2D eigenvalue weighted by molar-refractivity contribution is 0.218. The van der Waals surface area contributed by atoms with E-state index < -0.39 is 0 Å². The molecule has 3 aromatic rings. The van der Waals surface area contributed by atoms with E-state index in [4.69, 9.17) is 37.7 Å². The molecule has 2 aromatic carbocycles. The van der Waals surface area contributed by atoms with Crippen LogP contribution in [0.4, 0.5) is 5.00 Å². The van der Waals surface area contributed by atoms with Gasteiger partial charge in [0.05, 0.1) is 15.7 Å². The second kappa shape index (κ2) is 11.9. The van der Waals surface area contributed by atoms with Gasteiger partial charge in [0, 0.05) is 26.7 Å². The molecule has 0 N–H and O–H groups in total. The average Bonchev–Trinajstić information content (AvgIpc) is 3.19. The van der Waals surface area contributed by atoms with Crippen molar-refractivity contribution in [3.63, 3.8) is 0 Å². The third-order valence-electron chi connectivity index (χ3n) is 6.63. The maximum Gasteiger partial charge on any atom is 0.175 e. The number of ether oxygens (including phenoxy) is 2. The Hall–Kier alpha value is -1.79. The Bertz CT molecular complexity index is 1370. The molecule has 0 saturated heterocycles. The summed E-state index contributed by atoms with van der Waals surface area (Å²) in [7, 11) is 0. The van der Waals surface area contributed by atoms with Gasteiger partial charge >= 0.3 is 0 Å². The predicted molar refractivity (Wildman–Crippen MR) is 162 cm³/mol. The van der Waals surface area contributed by atoms with Crippen LogP contribution in [-0.2, 0) is 19.4 Å². The summed E-state index contributed by atoms with van der Waals surface area (Å²) in [5, 5.41) is 11.8. The van der Waals surface area contributed by atoms with Crippen molar-refractivity contribution in [2.45, 2.75) is 53.6 Å². The zero-order chi connectivity index (χ0) is 26.7. The van der Waals surface area contributed by atoms with Crippen molar-refractivity contribution in [1.29, 1.82) is 5.26 Å².